The van der Waals surface area contributed by atoms with Crippen LogP contribution in [0.5, 0.6) is 11.5 Å². The molecule has 5 rings (SSSR count). The highest BCUT2D eigenvalue weighted by Gasteiger charge is 2.30. The molecule has 0 unspecified atom stereocenters. The van der Waals surface area contributed by atoms with Gasteiger partial charge < -0.3 is 15.9 Å². The van der Waals surface area contributed by atoms with E-state index in [0.29, 0.717) is 0 Å². The highest BCUT2D eigenvalue weighted by atomic mass is 32.2. The molecule has 4 aromatic carbocycles. The van der Waals surface area contributed by atoms with Gasteiger partial charge in [-0.05, 0) is 35.7 Å². The number of phenols is 2. The predicted octanol–water partition coefficient (Wildman–Crippen LogP) is 4.27. The number of nitrogens with zero attached hydrogens (tertiary/aromatic N) is 2. The number of azo groups is 1. The average Bonchev–Trinajstić information content (AvgIpc) is 2.81. The van der Waals surface area contributed by atoms with E-state index >= 15 is 0 Å². The molecule has 0 radical (unpaired) electrons. The molecule has 0 aromatic heterocycles. The summed E-state index contributed by atoms with van der Waals surface area (Å²) in [6.07, 6.45) is 0. The lowest BCUT2D eigenvalue weighted by molar-refractivity contribution is 0.0979. The Labute approximate surface area is 197 Å². The van der Waals surface area contributed by atoms with Crippen LogP contribution < -0.4 is 5.73 Å². The average molecular weight is 489 g/mol. The van der Waals surface area contributed by atoms with Gasteiger partial charge in [-0.2, -0.15) is 8.42 Å². The minimum Gasteiger partial charge on any atom is -0.506 e. The number of rotatable bonds is 3. The fourth-order valence-electron chi connectivity index (χ4n) is 3.98. The maximum absolute atomic E-state index is 12.9. The van der Waals surface area contributed by atoms with Gasteiger partial charge in [0, 0.05) is 33.3 Å². The Balaban J connectivity index is 1.57. The van der Waals surface area contributed by atoms with Crippen LogP contribution in [0, 0.1) is 0 Å². The van der Waals surface area contributed by atoms with Crippen LogP contribution in [0.1, 0.15) is 31.8 Å². The summed E-state index contributed by atoms with van der Waals surface area (Å²) in [6, 6.07) is 13.6. The molecule has 0 bridgehead atoms. The van der Waals surface area contributed by atoms with E-state index in [0.717, 1.165) is 18.2 Å². The highest BCUT2D eigenvalue weighted by molar-refractivity contribution is 7.85. The minimum atomic E-state index is -4.51. The van der Waals surface area contributed by atoms with Crippen LogP contribution in [0.3, 0.4) is 0 Å². The highest BCUT2D eigenvalue weighted by Crippen LogP contribution is 2.41. The van der Waals surface area contributed by atoms with Gasteiger partial charge in [0.15, 0.2) is 17.3 Å². The van der Waals surface area contributed by atoms with E-state index in [9.17, 15) is 32.8 Å². The smallest absolute Gasteiger partial charge is 0.294 e. The second-order valence-corrected chi connectivity index (χ2v) is 9.23. The van der Waals surface area contributed by atoms with Crippen LogP contribution in [-0.2, 0) is 10.1 Å². The molecule has 1 aliphatic carbocycles. The summed E-state index contributed by atoms with van der Waals surface area (Å²) in [6.45, 7) is 0. The summed E-state index contributed by atoms with van der Waals surface area (Å²) in [4.78, 5) is 25.2. The SMILES string of the molecule is Nc1cc(S(=O)(=O)O)cc2ccc(N=Nc3cc4c(cc3O)C(=O)c3ccccc3C4=O)c(O)c12. The molecule has 174 valence electrons. The van der Waals surface area contributed by atoms with Gasteiger partial charge in [0.05, 0.1) is 4.90 Å². The molecule has 11 heteroatoms. The van der Waals surface area contributed by atoms with Gasteiger partial charge in [0.2, 0.25) is 0 Å². The Morgan fingerprint density at radius 3 is 1.97 bits per heavy atom. The molecular formula is C24H15N3O7S. The summed E-state index contributed by atoms with van der Waals surface area (Å²) in [5.74, 6) is -1.61. The molecule has 0 heterocycles. The topological polar surface area (TPSA) is 180 Å². The number of ketones is 2. The van der Waals surface area contributed by atoms with Crippen LogP contribution in [0.15, 0.2) is 75.8 Å². The molecule has 4 aromatic rings. The maximum atomic E-state index is 12.9. The van der Waals surface area contributed by atoms with E-state index in [4.69, 9.17) is 5.73 Å². The Morgan fingerprint density at radius 1 is 0.743 bits per heavy atom. The van der Waals surface area contributed by atoms with Crippen LogP contribution in [-0.4, -0.2) is 34.8 Å². The molecule has 5 N–H and O–H groups in total. The van der Waals surface area contributed by atoms with Crippen LogP contribution in [0.2, 0.25) is 0 Å². The van der Waals surface area contributed by atoms with Crippen molar-refractivity contribution in [2.45, 2.75) is 4.90 Å². The van der Waals surface area contributed by atoms with Gasteiger partial charge in [0.1, 0.15) is 17.1 Å². The van der Waals surface area contributed by atoms with Crippen molar-refractivity contribution >= 4 is 49.5 Å². The second kappa shape index (κ2) is 7.72. The Kier molecular flexibility index (Phi) is 4.90. The van der Waals surface area contributed by atoms with Gasteiger partial charge in [-0.1, -0.05) is 30.3 Å². The zero-order chi connectivity index (χ0) is 25.1. The van der Waals surface area contributed by atoms with Crippen molar-refractivity contribution in [2.24, 2.45) is 10.2 Å². The molecule has 1 aliphatic rings. The van der Waals surface area contributed by atoms with Gasteiger partial charge in [-0.15, -0.1) is 10.2 Å². The van der Waals surface area contributed by atoms with Crippen molar-refractivity contribution in [1.82, 2.24) is 0 Å². The predicted molar refractivity (Wildman–Crippen MR) is 125 cm³/mol. The number of nitrogen functional groups attached to an aromatic ring is 1. The Bertz CT molecular complexity index is 1740. The molecule has 0 aliphatic heterocycles. The first-order chi connectivity index (χ1) is 16.6. The van der Waals surface area contributed by atoms with Crippen molar-refractivity contribution < 1.29 is 32.8 Å². The number of carbonyl (C=O) groups is 2. The Hall–Kier alpha value is -4.61. The third kappa shape index (κ3) is 3.59. The largest absolute Gasteiger partial charge is 0.506 e. The number of benzene rings is 4. The first-order valence-corrected chi connectivity index (χ1v) is 11.5. The second-order valence-electron chi connectivity index (χ2n) is 7.81. The van der Waals surface area contributed by atoms with Gasteiger partial charge in [0.25, 0.3) is 10.1 Å². The third-order valence-corrected chi connectivity index (χ3v) is 6.49. The van der Waals surface area contributed by atoms with Crippen LogP contribution in [0.4, 0.5) is 17.1 Å². The number of phenolic OH excluding ortho intramolecular Hbond substituents is 2. The molecular weight excluding hydrogens is 474 g/mol. The number of aromatic hydroxyl groups is 2. The molecule has 0 amide bonds. The van der Waals surface area contributed by atoms with E-state index in [-0.39, 0.29) is 50.1 Å². The van der Waals surface area contributed by atoms with E-state index in [1.807, 2.05) is 0 Å². The summed E-state index contributed by atoms with van der Waals surface area (Å²) >= 11 is 0. The van der Waals surface area contributed by atoms with E-state index in [2.05, 4.69) is 10.2 Å². The standard InChI is InChI=1S/C24H15N3O7S/c25-17-8-12(35(32,33)34)7-11-5-6-18(24(31)21(11)17)26-27-19-9-15-16(10-20(19)28)23(30)14-4-2-1-3-13(14)22(15)29/h1-10,28,31H,25H2,(H,32,33,34). The van der Waals surface area contributed by atoms with E-state index in [1.54, 1.807) is 12.1 Å². The first kappa shape index (κ1) is 22.2. The quantitative estimate of drug-likeness (QED) is 0.165. The molecule has 0 saturated heterocycles. The lowest BCUT2D eigenvalue weighted by Gasteiger charge is -2.17. The number of hydrogen-bond donors (Lipinski definition) is 4. The lowest BCUT2D eigenvalue weighted by Crippen LogP contribution is -2.20. The molecule has 0 spiro atoms. The van der Waals surface area contributed by atoms with Crippen molar-refractivity contribution in [3.8, 4) is 11.5 Å². The Morgan fingerprint density at radius 2 is 1.34 bits per heavy atom. The van der Waals surface area contributed by atoms with Crippen molar-refractivity contribution in [2.75, 3.05) is 5.73 Å². The van der Waals surface area contributed by atoms with Gasteiger partial charge in [-0.25, -0.2) is 0 Å². The monoisotopic (exact) mass is 489 g/mol. The third-order valence-electron chi connectivity index (χ3n) is 5.66. The number of carbonyl (C=O) groups excluding carboxylic acids is 2. The summed E-state index contributed by atoms with van der Waals surface area (Å²) in [5, 5.41) is 29.2. The molecule has 0 atom stereocenters. The maximum Gasteiger partial charge on any atom is 0.294 e. The van der Waals surface area contributed by atoms with Crippen molar-refractivity contribution in [1.29, 1.82) is 0 Å². The van der Waals surface area contributed by atoms with Crippen LogP contribution >= 0.6 is 0 Å². The van der Waals surface area contributed by atoms with Gasteiger partial charge in [-0.3, -0.25) is 14.1 Å². The molecule has 10 nitrogen and oxygen atoms in total. The summed E-state index contributed by atoms with van der Waals surface area (Å²) in [7, 11) is -4.51. The number of anilines is 1. The zero-order valence-electron chi connectivity index (χ0n) is 17.6. The fourth-order valence-corrected chi connectivity index (χ4v) is 4.53. The lowest BCUT2D eigenvalue weighted by atomic mass is 9.84. The molecule has 0 fully saturated rings. The van der Waals surface area contributed by atoms with Crippen LogP contribution in [0.25, 0.3) is 10.8 Å². The number of nitrogens with two attached hydrogens (primary N) is 1. The summed E-state index contributed by atoms with van der Waals surface area (Å²) in [5.41, 5.74) is 6.18. The molecule has 0 saturated carbocycles. The van der Waals surface area contributed by atoms with Gasteiger partial charge >= 0.3 is 0 Å². The first-order valence-electron chi connectivity index (χ1n) is 10.1. The number of fused-ring (bicyclic) bond motifs is 3. The van der Waals surface area contributed by atoms with Crippen molar-refractivity contribution in [3.05, 3.63) is 82.9 Å². The minimum absolute atomic E-state index is 0.0427. The van der Waals surface area contributed by atoms with E-state index in [1.165, 1.54) is 30.3 Å². The van der Waals surface area contributed by atoms with E-state index < -0.39 is 38.1 Å². The number of hydrogen-bond acceptors (Lipinski definition) is 9. The van der Waals surface area contributed by atoms with Crippen molar-refractivity contribution in [3.63, 3.8) is 0 Å². The normalized spacial score (nSPS) is 13.3. The summed E-state index contributed by atoms with van der Waals surface area (Å²) < 4.78 is 32.1. The molecule has 35 heavy (non-hydrogen) atoms. The zero-order valence-corrected chi connectivity index (χ0v) is 18.4. The fraction of sp³-hybridized carbons (Fsp3) is 0.